The normalized spacial score (nSPS) is 28.3. The first-order valence-electron chi connectivity index (χ1n) is 8.21. The van der Waals surface area contributed by atoms with Crippen molar-refractivity contribution in [3.63, 3.8) is 0 Å². The zero-order valence-electron chi connectivity index (χ0n) is 13.9. The third kappa shape index (κ3) is 3.72. The van der Waals surface area contributed by atoms with Crippen LogP contribution in [0, 0.1) is 0 Å². The highest BCUT2D eigenvalue weighted by Gasteiger charge is 2.49. The van der Waals surface area contributed by atoms with Gasteiger partial charge < -0.3 is 15.5 Å². The number of urea groups is 1. The van der Waals surface area contributed by atoms with E-state index in [0.717, 1.165) is 17.9 Å². The molecule has 3 atom stereocenters. The Morgan fingerprint density at radius 3 is 2.65 bits per heavy atom. The van der Waals surface area contributed by atoms with E-state index in [1.807, 2.05) is 0 Å². The van der Waals surface area contributed by atoms with E-state index in [9.17, 15) is 22.8 Å². The minimum absolute atomic E-state index is 0.0470. The van der Waals surface area contributed by atoms with Crippen molar-refractivity contribution in [2.45, 2.75) is 43.8 Å². The van der Waals surface area contributed by atoms with E-state index >= 15 is 0 Å². The lowest BCUT2D eigenvalue weighted by Crippen LogP contribution is -2.50. The number of hydrogen-bond acceptors (Lipinski definition) is 7. The highest BCUT2D eigenvalue weighted by Crippen LogP contribution is 2.30. The van der Waals surface area contributed by atoms with Crippen molar-refractivity contribution in [3.05, 3.63) is 12.3 Å². The van der Waals surface area contributed by atoms with Gasteiger partial charge in [0.05, 0.1) is 17.8 Å². The molecule has 144 valence electrons. The van der Waals surface area contributed by atoms with Gasteiger partial charge in [-0.25, -0.2) is 4.79 Å². The number of nitrogens with one attached hydrogen (secondary N) is 2. The van der Waals surface area contributed by atoms with Crippen LogP contribution in [0.1, 0.15) is 25.7 Å². The monoisotopic (exact) mass is 388 g/mol. The van der Waals surface area contributed by atoms with E-state index in [0.29, 0.717) is 17.9 Å². The van der Waals surface area contributed by atoms with Gasteiger partial charge in [-0.05, 0) is 32.2 Å². The molecule has 2 bridgehead atoms. The van der Waals surface area contributed by atoms with E-state index in [1.165, 1.54) is 0 Å². The van der Waals surface area contributed by atoms with Gasteiger partial charge in [0.25, 0.3) is 0 Å². The number of carbonyl (C=O) groups is 3. The van der Waals surface area contributed by atoms with Crippen molar-refractivity contribution in [1.82, 2.24) is 20.6 Å². The van der Waals surface area contributed by atoms with E-state index in [1.54, 1.807) is 0 Å². The van der Waals surface area contributed by atoms with E-state index in [-0.39, 0.29) is 30.5 Å². The maximum Gasteiger partial charge on any atom is 0.418 e. The summed E-state index contributed by atoms with van der Waals surface area (Å²) in [5.74, 6) is -0.865. The number of Topliss-reactive ketones (excluding diaryl/α,β-unsaturated/α-hetero) is 1. The third-order valence-electron chi connectivity index (χ3n) is 4.75. The van der Waals surface area contributed by atoms with Crippen LogP contribution < -0.4 is 10.6 Å². The average Bonchev–Trinajstić information content (AvgIpc) is 3.17. The second kappa shape index (κ2) is 6.95. The fourth-order valence-corrected chi connectivity index (χ4v) is 3.90. The molecule has 0 aliphatic carbocycles. The summed E-state index contributed by atoms with van der Waals surface area (Å²) < 4.78 is 34.8. The number of rotatable bonds is 6. The number of amides is 3. The van der Waals surface area contributed by atoms with Gasteiger partial charge in [0.2, 0.25) is 5.91 Å². The number of hydrogen-bond donors (Lipinski definition) is 3. The minimum atomic E-state index is -4.84. The van der Waals surface area contributed by atoms with Crippen LogP contribution in [0.2, 0.25) is 0 Å². The summed E-state index contributed by atoms with van der Waals surface area (Å²) in [6.45, 7) is 4.42. The first-order chi connectivity index (χ1) is 12.2. The fourth-order valence-electron chi connectivity index (χ4n) is 3.52. The second-order valence-electron chi connectivity index (χ2n) is 6.49. The Labute approximate surface area is 150 Å². The van der Waals surface area contributed by atoms with Crippen LogP contribution >= 0.6 is 0 Å². The van der Waals surface area contributed by atoms with Crippen LogP contribution in [0.15, 0.2) is 12.3 Å². The molecule has 11 nitrogen and oxygen atoms in total. The SMILES string of the molecule is C=C(NC(=O)[C@@H]1CC[C@H]2CN1C(=O)N2OS(=O)(=O)O)C(=O)C1CCCN1. The number of fused-ring (bicyclic) bond motifs is 2. The second-order valence-corrected chi connectivity index (χ2v) is 7.50. The zero-order chi connectivity index (χ0) is 19.1. The van der Waals surface area contributed by atoms with Crippen LogP contribution in [-0.4, -0.2) is 71.9 Å². The molecule has 1 unspecified atom stereocenters. The van der Waals surface area contributed by atoms with Gasteiger partial charge in [0, 0.05) is 6.54 Å². The Morgan fingerprint density at radius 1 is 1.31 bits per heavy atom. The van der Waals surface area contributed by atoms with Gasteiger partial charge in [0.15, 0.2) is 5.78 Å². The Hall–Kier alpha value is -2.02. The number of piperidine rings is 1. The van der Waals surface area contributed by atoms with Crippen LogP contribution in [0.4, 0.5) is 4.79 Å². The molecule has 0 aromatic carbocycles. The lowest BCUT2D eigenvalue weighted by molar-refractivity contribution is -0.127. The summed E-state index contributed by atoms with van der Waals surface area (Å²) in [7, 11) is -4.84. The average molecular weight is 388 g/mol. The minimum Gasteiger partial charge on any atom is -0.322 e. The molecule has 3 saturated heterocycles. The molecule has 3 amide bonds. The molecule has 0 aromatic rings. The highest BCUT2D eigenvalue weighted by atomic mass is 32.3. The first-order valence-corrected chi connectivity index (χ1v) is 9.58. The summed E-state index contributed by atoms with van der Waals surface area (Å²) in [5.41, 5.74) is -0.0470. The van der Waals surface area contributed by atoms with Crippen LogP contribution in [-0.2, 0) is 24.3 Å². The van der Waals surface area contributed by atoms with Gasteiger partial charge >= 0.3 is 16.4 Å². The number of hydroxylamine groups is 2. The molecule has 3 fully saturated rings. The molecule has 3 aliphatic heterocycles. The van der Waals surface area contributed by atoms with Crippen molar-refractivity contribution in [2.24, 2.45) is 0 Å². The van der Waals surface area contributed by atoms with Gasteiger partial charge in [-0.15, -0.1) is 4.28 Å². The lowest BCUT2D eigenvalue weighted by atomic mass is 10.00. The standard InChI is InChI=1S/C14H20N4O7S/c1-8(12(19)10-3-2-6-15-10)16-13(20)11-5-4-9-7-17(11)14(21)18(9)25-26(22,23)24/h9-11,15H,1-7H2,(H,16,20)(H,22,23,24)/t9-,10?,11-/m0/s1. The summed E-state index contributed by atoms with van der Waals surface area (Å²) in [4.78, 5) is 38.1. The van der Waals surface area contributed by atoms with Crippen molar-refractivity contribution in [3.8, 4) is 0 Å². The molecule has 3 rings (SSSR count). The van der Waals surface area contributed by atoms with Crippen LogP contribution in [0.3, 0.4) is 0 Å². The molecule has 0 saturated carbocycles. The molecule has 3 aliphatic rings. The molecule has 12 heteroatoms. The van der Waals surface area contributed by atoms with Gasteiger partial charge in [0.1, 0.15) is 6.04 Å². The molecular weight excluding hydrogens is 368 g/mol. The molecule has 0 radical (unpaired) electrons. The van der Waals surface area contributed by atoms with Gasteiger partial charge in [-0.2, -0.15) is 13.5 Å². The smallest absolute Gasteiger partial charge is 0.322 e. The molecule has 0 spiro atoms. The highest BCUT2D eigenvalue weighted by molar-refractivity contribution is 7.80. The van der Waals surface area contributed by atoms with Crippen molar-refractivity contribution in [1.29, 1.82) is 0 Å². The maximum atomic E-state index is 12.5. The number of carbonyl (C=O) groups excluding carboxylic acids is 3. The summed E-state index contributed by atoms with van der Waals surface area (Å²) in [5, 5.41) is 6.03. The molecular formula is C14H20N4O7S. The molecule has 3 heterocycles. The predicted molar refractivity (Wildman–Crippen MR) is 86.7 cm³/mol. The zero-order valence-corrected chi connectivity index (χ0v) is 14.7. The third-order valence-corrected chi connectivity index (χ3v) is 5.10. The van der Waals surface area contributed by atoms with Crippen LogP contribution in [0.5, 0.6) is 0 Å². The van der Waals surface area contributed by atoms with Crippen LogP contribution in [0.25, 0.3) is 0 Å². The van der Waals surface area contributed by atoms with Gasteiger partial charge in [-0.3, -0.25) is 14.1 Å². The van der Waals surface area contributed by atoms with Gasteiger partial charge in [-0.1, -0.05) is 6.58 Å². The Balaban J connectivity index is 1.63. The first kappa shape index (κ1) is 18.8. The Kier molecular flexibility index (Phi) is 5.01. The van der Waals surface area contributed by atoms with E-state index in [4.69, 9.17) is 4.55 Å². The van der Waals surface area contributed by atoms with Crippen molar-refractivity contribution >= 4 is 28.1 Å². The number of nitrogens with zero attached hydrogens (tertiary/aromatic N) is 2. The summed E-state index contributed by atoms with van der Waals surface area (Å²) in [6.07, 6.45) is 2.11. The molecule has 0 aromatic heterocycles. The maximum absolute atomic E-state index is 12.5. The molecule has 3 N–H and O–H groups in total. The van der Waals surface area contributed by atoms with E-state index < -0.39 is 34.4 Å². The largest absolute Gasteiger partial charge is 0.418 e. The summed E-state index contributed by atoms with van der Waals surface area (Å²) >= 11 is 0. The topological polar surface area (TPSA) is 145 Å². The molecule has 26 heavy (non-hydrogen) atoms. The quantitative estimate of drug-likeness (QED) is 0.386. The lowest BCUT2D eigenvalue weighted by Gasteiger charge is -2.29. The Bertz CT molecular complexity index is 746. The predicted octanol–water partition coefficient (Wildman–Crippen LogP) is -1.06. The van der Waals surface area contributed by atoms with Crippen molar-refractivity contribution < 1.29 is 31.6 Å². The Morgan fingerprint density at radius 2 is 2.04 bits per heavy atom. The number of ketones is 1. The fraction of sp³-hybridized carbons (Fsp3) is 0.643. The van der Waals surface area contributed by atoms with Crippen molar-refractivity contribution in [2.75, 3.05) is 13.1 Å². The van der Waals surface area contributed by atoms with E-state index in [2.05, 4.69) is 21.5 Å². The summed E-state index contributed by atoms with van der Waals surface area (Å²) in [6, 6.07) is -2.67.